The van der Waals surface area contributed by atoms with Gasteiger partial charge in [-0.1, -0.05) is 24.3 Å². The van der Waals surface area contributed by atoms with Crippen LogP contribution in [-0.4, -0.2) is 27.9 Å². The van der Waals surface area contributed by atoms with E-state index in [1.807, 2.05) is 24.3 Å². The summed E-state index contributed by atoms with van der Waals surface area (Å²) in [5.41, 5.74) is 2.96. The molecule has 0 saturated heterocycles. The number of nitrogens with zero attached hydrogens (tertiary/aromatic N) is 1. The first-order valence-corrected chi connectivity index (χ1v) is 7.75. The lowest BCUT2D eigenvalue weighted by atomic mass is 9.93. The predicted molar refractivity (Wildman–Crippen MR) is 87.3 cm³/mol. The fourth-order valence-corrected chi connectivity index (χ4v) is 3.19. The highest BCUT2D eigenvalue weighted by atomic mass is 19.1. The van der Waals surface area contributed by atoms with E-state index in [1.54, 1.807) is 13.8 Å². The maximum Gasteiger partial charge on any atom is 0.326 e. The third kappa shape index (κ3) is 2.77. The Labute approximate surface area is 139 Å². The molecule has 4 nitrogen and oxygen atoms in total. The molecule has 0 spiro atoms. The highest BCUT2D eigenvalue weighted by Crippen LogP contribution is 2.26. The van der Waals surface area contributed by atoms with Crippen molar-refractivity contribution in [3.05, 3.63) is 70.0 Å². The first-order valence-electron chi connectivity index (χ1n) is 7.75. The van der Waals surface area contributed by atoms with Gasteiger partial charge in [0.05, 0.1) is 0 Å². The van der Waals surface area contributed by atoms with Crippen molar-refractivity contribution >= 4 is 11.9 Å². The average molecular weight is 327 g/mol. The van der Waals surface area contributed by atoms with Crippen LogP contribution < -0.4 is 0 Å². The zero-order valence-corrected chi connectivity index (χ0v) is 13.5. The maximum absolute atomic E-state index is 13.8. The molecule has 24 heavy (non-hydrogen) atoms. The Kier molecular flexibility index (Phi) is 4.09. The maximum atomic E-state index is 13.8. The Hall–Kier alpha value is -2.69. The van der Waals surface area contributed by atoms with Gasteiger partial charge in [0, 0.05) is 18.5 Å². The molecule has 0 fully saturated rings. The third-order valence-corrected chi connectivity index (χ3v) is 4.48. The van der Waals surface area contributed by atoms with Gasteiger partial charge in [-0.05, 0) is 48.2 Å². The number of rotatable bonds is 2. The smallest absolute Gasteiger partial charge is 0.326 e. The van der Waals surface area contributed by atoms with Crippen molar-refractivity contribution in [2.45, 2.75) is 32.9 Å². The van der Waals surface area contributed by atoms with Crippen molar-refractivity contribution in [1.82, 2.24) is 4.90 Å². The Morgan fingerprint density at radius 3 is 2.29 bits per heavy atom. The molecule has 3 rings (SSSR count). The van der Waals surface area contributed by atoms with Gasteiger partial charge in [-0.15, -0.1) is 0 Å². The van der Waals surface area contributed by atoms with Gasteiger partial charge in [0.2, 0.25) is 0 Å². The van der Waals surface area contributed by atoms with Crippen LogP contribution in [0, 0.1) is 19.7 Å². The predicted octanol–water partition coefficient (Wildman–Crippen LogP) is 3.09. The molecule has 1 N–H and O–H groups in total. The third-order valence-electron chi connectivity index (χ3n) is 4.48. The fraction of sp³-hybridized carbons (Fsp3) is 0.263. The topological polar surface area (TPSA) is 57.6 Å². The lowest BCUT2D eigenvalue weighted by molar-refractivity contribution is -0.142. The van der Waals surface area contributed by atoms with Gasteiger partial charge in [0.15, 0.2) is 0 Å². The Morgan fingerprint density at radius 2 is 1.71 bits per heavy atom. The van der Waals surface area contributed by atoms with Crippen molar-refractivity contribution in [2.75, 3.05) is 0 Å². The molecule has 2 aromatic rings. The minimum atomic E-state index is -1.03. The van der Waals surface area contributed by atoms with Crippen LogP contribution in [0.15, 0.2) is 36.4 Å². The second kappa shape index (κ2) is 6.07. The van der Waals surface area contributed by atoms with E-state index in [0.29, 0.717) is 16.7 Å². The number of carboxylic acid groups (broad SMARTS) is 1. The molecular formula is C19H18FNO3. The molecule has 0 radical (unpaired) electrons. The fourth-order valence-electron chi connectivity index (χ4n) is 3.19. The molecule has 2 aromatic carbocycles. The summed E-state index contributed by atoms with van der Waals surface area (Å²) in [6.45, 7) is 3.43. The van der Waals surface area contributed by atoms with Crippen molar-refractivity contribution in [1.29, 1.82) is 0 Å². The van der Waals surface area contributed by atoms with E-state index >= 15 is 0 Å². The lowest BCUT2D eigenvalue weighted by Gasteiger charge is -2.34. The van der Waals surface area contributed by atoms with Crippen LogP contribution in [0.2, 0.25) is 0 Å². The summed E-state index contributed by atoms with van der Waals surface area (Å²) in [7, 11) is 0. The van der Waals surface area contributed by atoms with Gasteiger partial charge < -0.3 is 10.0 Å². The summed E-state index contributed by atoms with van der Waals surface area (Å²) in [5, 5.41) is 9.53. The van der Waals surface area contributed by atoms with Gasteiger partial charge in [0.1, 0.15) is 11.9 Å². The Balaban J connectivity index is 2.00. The van der Waals surface area contributed by atoms with Crippen molar-refractivity contribution in [2.24, 2.45) is 0 Å². The van der Waals surface area contributed by atoms with Crippen LogP contribution in [-0.2, 0) is 17.8 Å². The number of halogens is 1. The summed E-state index contributed by atoms with van der Waals surface area (Å²) in [4.78, 5) is 25.9. The van der Waals surface area contributed by atoms with Crippen LogP contribution in [0.1, 0.15) is 32.6 Å². The van der Waals surface area contributed by atoms with Crippen molar-refractivity contribution in [3.8, 4) is 0 Å². The normalized spacial score (nSPS) is 16.6. The molecule has 0 aliphatic carbocycles. The van der Waals surface area contributed by atoms with Crippen LogP contribution >= 0.6 is 0 Å². The number of carboxylic acids is 1. The van der Waals surface area contributed by atoms with E-state index in [4.69, 9.17) is 0 Å². The molecule has 0 saturated carbocycles. The minimum absolute atomic E-state index is 0.238. The average Bonchev–Trinajstić information content (AvgIpc) is 2.57. The SMILES string of the molecule is Cc1cc(C(=O)N2Cc3ccccc3CC2C(=O)O)cc(C)c1F. The van der Waals surface area contributed by atoms with Crippen LogP contribution in [0.25, 0.3) is 0 Å². The van der Waals surface area contributed by atoms with Crippen molar-refractivity contribution in [3.63, 3.8) is 0 Å². The zero-order valence-electron chi connectivity index (χ0n) is 13.5. The number of carbonyl (C=O) groups is 2. The molecular weight excluding hydrogens is 309 g/mol. The second-order valence-electron chi connectivity index (χ2n) is 6.18. The molecule has 1 aliphatic heterocycles. The zero-order chi connectivity index (χ0) is 17.4. The summed E-state index contributed by atoms with van der Waals surface area (Å²) < 4.78 is 13.8. The van der Waals surface area contributed by atoms with Gasteiger partial charge in [-0.3, -0.25) is 4.79 Å². The summed E-state index contributed by atoms with van der Waals surface area (Å²) in [6, 6.07) is 9.55. The second-order valence-corrected chi connectivity index (χ2v) is 6.18. The van der Waals surface area contributed by atoms with Crippen molar-refractivity contribution < 1.29 is 19.1 Å². The van der Waals surface area contributed by atoms with E-state index in [9.17, 15) is 19.1 Å². The number of carbonyl (C=O) groups excluding carboxylic acids is 1. The van der Waals surface area contributed by atoms with Gasteiger partial charge >= 0.3 is 5.97 Å². The molecule has 0 aromatic heterocycles. The van der Waals surface area contributed by atoms with Gasteiger partial charge in [0.25, 0.3) is 5.91 Å². The Bertz CT molecular complexity index is 808. The molecule has 1 aliphatic rings. The summed E-state index contributed by atoms with van der Waals surface area (Å²) in [5.74, 6) is -1.76. The summed E-state index contributed by atoms with van der Waals surface area (Å²) in [6.07, 6.45) is 0.274. The van der Waals surface area contributed by atoms with Gasteiger partial charge in [-0.2, -0.15) is 0 Å². The highest BCUT2D eigenvalue weighted by Gasteiger charge is 2.35. The molecule has 124 valence electrons. The summed E-state index contributed by atoms with van der Waals surface area (Å²) >= 11 is 0. The molecule has 0 bridgehead atoms. The first kappa shape index (κ1) is 16.2. The number of benzene rings is 2. The molecule has 5 heteroatoms. The van der Waals surface area contributed by atoms with E-state index in [2.05, 4.69) is 0 Å². The molecule has 1 amide bonds. The number of fused-ring (bicyclic) bond motifs is 1. The van der Waals surface area contributed by atoms with E-state index in [1.165, 1.54) is 17.0 Å². The molecule has 1 atom stereocenters. The monoisotopic (exact) mass is 327 g/mol. The van der Waals surface area contributed by atoms with Gasteiger partial charge in [-0.25, -0.2) is 9.18 Å². The van der Waals surface area contributed by atoms with E-state index < -0.39 is 12.0 Å². The molecule has 1 heterocycles. The van der Waals surface area contributed by atoms with Crippen LogP contribution in [0.4, 0.5) is 4.39 Å². The molecule has 1 unspecified atom stereocenters. The standard InChI is InChI=1S/C19H18FNO3/c1-11-7-15(8-12(2)17(11)20)18(22)21-10-14-6-4-3-5-13(14)9-16(21)19(23)24/h3-8,16H,9-10H2,1-2H3,(H,23,24). The first-order chi connectivity index (χ1) is 11.4. The number of aliphatic carboxylic acids is 1. The largest absolute Gasteiger partial charge is 0.480 e. The minimum Gasteiger partial charge on any atom is -0.480 e. The lowest BCUT2D eigenvalue weighted by Crippen LogP contribution is -2.48. The van der Waals surface area contributed by atoms with Crippen LogP contribution in [0.5, 0.6) is 0 Å². The van der Waals surface area contributed by atoms with E-state index in [-0.39, 0.29) is 24.7 Å². The quantitative estimate of drug-likeness (QED) is 0.922. The highest BCUT2D eigenvalue weighted by molar-refractivity contribution is 5.97. The Morgan fingerprint density at radius 1 is 1.12 bits per heavy atom. The van der Waals surface area contributed by atoms with E-state index in [0.717, 1.165) is 11.1 Å². The number of hydrogen-bond donors (Lipinski definition) is 1. The number of hydrogen-bond acceptors (Lipinski definition) is 2. The van der Waals surface area contributed by atoms with Crippen LogP contribution in [0.3, 0.4) is 0 Å². The number of aryl methyl sites for hydroxylation is 2. The number of amides is 1.